The minimum absolute atomic E-state index is 0.175. The highest BCUT2D eigenvalue weighted by atomic mass is 35.5. The van der Waals surface area contributed by atoms with Gasteiger partial charge in [0.1, 0.15) is 5.75 Å². The van der Waals surface area contributed by atoms with Gasteiger partial charge in [-0.3, -0.25) is 9.36 Å². The molecule has 0 saturated carbocycles. The van der Waals surface area contributed by atoms with Crippen LogP contribution < -0.4 is 15.0 Å². The van der Waals surface area contributed by atoms with Gasteiger partial charge >= 0.3 is 0 Å². The lowest BCUT2D eigenvalue weighted by Gasteiger charge is -2.27. The molecule has 0 aliphatic carbocycles. The van der Waals surface area contributed by atoms with Gasteiger partial charge in [-0.05, 0) is 18.2 Å². The molecule has 8 nitrogen and oxygen atoms in total. The van der Waals surface area contributed by atoms with E-state index in [9.17, 15) is 4.79 Å². The van der Waals surface area contributed by atoms with Crippen LogP contribution in [0.5, 0.6) is 5.75 Å². The number of amides is 1. The first kappa shape index (κ1) is 18.8. The largest absolute Gasteiger partial charge is 0.495 e. The third-order valence-electron chi connectivity index (χ3n) is 3.87. The summed E-state index contributed by atoms with van der Waals surface area (Å²) in [5.74, 6) is 1.37. The molecule has 2 aromatic rings. The maximum absolute atomic E-state index is 12.3. The fourth-order valence-electron chi connectivity index (χ4n) is 2.57. The van der Waals surface area contributed by atoms with Crippen LogP contribution in [-0.4, -0.2) is 59.8 Å². The van der Waals surface area contributed by atoms with E-state index in [1.165, 1.54) is 11.8 Å². The van der Waals surface area contributed by atoms with Crippen molar-refractivity contribution < 1.29 is 14.3 Å². The van der Waals surface area contributed by atoms with Gasteiger partial charge in [0.25, 0.3) is 0 Å². The van der Waals surface area contributed by atoms with Gasteiger partial charge in [0, 0.05) is 25.2 Å². The summed E-state index contributed by atoms with van der Waals surface area (Å²) in [5.41, 5.74) is 0.539. The average Bonchev–Trinajstić information content (AvgIpc) is 3.01. The molecule has 0 bridgehead atoms. The number of rotatable bonds is 6. The Bertz CT molecular complexity index is 779. The Morgan fingerprint density at radius 2 is 2.15 bits per heavy atom. The number of nitrogens with one attached hydrogen (secondary N) is 1. The normalized spacial score (nSPS) is 14.3. The Kier molecular flexibility index (Phi) is 6.23. The summed E-state index contributed by atoms with van der Waals surface area (Å²) < 4.78 is 12.5. The topological polar surface area (TPSA) is 81.5 Å². The van der Waals surface area contributed by atoms with E-state index in [0.29, 0.717) is 34.8 Å². The lowest BCUT2D eigenvalue weighted by molar-refractivity contribution is -0.113. The van der Waals surface area contributed by atoms with Crippen LogP contribution in [0.2, 0.25) is 5.02 Å². The van der Waals surface area contributed by atoms with Crippen molar-refractivity contribution in [2.24, 2.45) is 7.05 Å². The molecule has 0 atom stereocenters. The zero-order chi connectivity index (χ0) is 18.5. The van der Waals surface area contributed by atoms with E-state index in [4.69, 9.17) is 21.1 Å². The van der Waals surface area contributed by atoms with E-state index in [0.717, 1.165) is 19.0 Å². The molecule has 0 spiro atoms. The van der Waals surface area contributed by atoms with Crippen LogP contribution in [0.3, 0.4) is 0 Å². The molecule has 0 unspecified atom stereocenters. The molecule has 2 heterocycles. The van der Waals surface area contributed by atoms with E-state index < -0.39 is 0 Å². The smallest absolute Gasteiger partial charge is 0.234 e. The van der Waals surface area contributed by atoms with Crippen LogP contribution in [0, 0.1) is 0 Å². The molecule has 1 aromatic heterocycles. The molecule has 1 fully saturated rings. The van der Waals surface area contributed by atoms with E-state index in [1.54, 1.807) is 25.3 Å². The number of thioether (sulfide) groups is 1. The van der Waals surface area contributed by atoms with E-state index in [-0.39, 0.29) is 11.7 Å². The van der Waals surface area contributed by atoms with Gasteiger partial charge in [0.2, 0.25) is 11.9 Å². The number of morpholine rings is 1. The van der Waals surface area contributed by atoms with Crippen LogP contribution in [-0.2, 0) is 16.6 Å². The first-order valence-electron chi connectivity index (χ1n) is 8.06. The molecule has 1 N–H and O–H groups in total. The molecule has 1 aliphatic heterocycles. The highest BCUT2D eigenvalue weighted by Crippen LogP contribution is 2.28. The van der Waals surface area contributed by atoms with E-state index >= 15 is 0 Å². The first-order chi connectivity index (χ1) is 12.6. The van der Waals surface area contributed by atoms with Crippen LogP contribution in [0.15, 0.2) is 23.4 Å². The Labute approximate surface area is 160 Å². The Balaban J connectivity index is 1.60. The SMILES string of the molecule is COc1ccc(Cl)cc1NC(=O)CSc1nnc(N2CCOCC2)n1C. The van der Waals surface area contributed by atoms with Crippen molar-refractivity contribution in [3.8, 4) is 5.75 Å². The van der Waals surface area contributed by atoms with Crippen LogP contribution in [0.25, 0.3) is 0 Å². The Morgan fingerprint density at radius 1 is 1.38 bits per heavy atom. The van der Waals surface area contributed by atoms with Crippen LogP contribution in [0.1, 0.15) is 0 Å². The van der Waals surface area contributed by atoms with Crippen LogP contribution in [0.4, 0.5) is 11.6 Å². The van der Waals surface area contributed by atoms with Gasteiger partial charge in [-0.15, -0.1) is 10.2 Å². The Hall–Kier alpha value is -1.97. The molecule has 3 rings (SSSR count). The molecular weight excluding hydrogens is 378 g/mol. The summed E-state index contributed by atoms with van der Waals surface area (Å²) in [6.07, 6.45) is 0. The highest BCUT2D eigenvalue weighted by Gasteiger charge is 2.19. The number of carbonyl (C=O) groups excluding carboxylic acids is 1. The lowest BCUT2D eigenvalue weighted by atomic mass is 10.3. The number of aromatic nitrogens is 3. The highest BCUT2D eigenvalue weighted by molar-refractivity contribution is 7.99. The van der Waals surface area contributed by atoms with E-state index in [1.807, 2.05) is 11.6 Å². The van der Waals surface area contributed by atoms with Gasteiger partial charge in [0.05, 0.1) is 31.8 Å². The summed E-state index contributed by atoms with van der Waals surface area (Å²) in [5, 5.41) is 12.4. The number of benzene rings is 1. The zero-order valence-corrected chi connectivity index (χ0v) is 16.1. The molecule has 140 valence electrons. The van der Waals surface area contributed by atoms with Gasteiger partial charge in [-0.25, -0.2) is 0 Å². The number of halogens is 1. The molecule has 10 heteroatoms. The van der Waals surface area contributed by atoms with Crippen molar-refractivity contribution in [3.05, 3.63) is 23.2 Å². The maximum atomic E-state index is 12.3. The second kappa shape index (κ2) is 8.61. The zero-order valence-electron chi connectivity index (χ0n) is 14.6. The monoisotopic (exact) mass is 397 g/mol. The number of carbonyl (C=O) groups is 1. The van der Waals surface area contributed by atoms with Crippen molar-refractivity contribution in [2.45, 2.75) is 5.16 Å². The van der Waals surface area contributed by atoms with Gasteiger partial charge in [-0.1, -0.05) is 23.4 Å². The van der Waals surface area contributed by atoms with Crippen molar-refractivity contribution in [1.29, 1.82) is 0 Å². The predicted molar refractivity (Wildman–Crippen MR) is 101 cm³/mol. The molecule has 26 heavy (non-hydrogen) atoms. The number of hydrogen-bond donors (Lipinski definition) is 1. The number of hydrogen-bond acceptors (Lipinski definition) is 7. The fraction of sp³-hybridized carbons (Fsp3) is 0.438. The molecule has 1 aliphatic rings. The van der Waals surface area contributed by atoms with Gasteiger partial charge in [-0.2, -0.15) is 0 Å². The minimum Gasteiger partial charge on any atom is -0.495 e. The maximum Gasteiger partial charge on any atom is 0.234 e. The minimum atomic E-state index is -0.175. The third-order valence-corrected chi connectivity index (χ3v) is 5.13. The molecule has 0 radical (unpaired) electrons. The number of ether oxygens (including phenoxy) is 2. The molecule has 1 amide bonds. The quantitative estimate of drug-likeness (QED) is 0.747. The standard InChI is InChI=1S/C16H20ClN5O3S/c1-21-15(22-5-7-25-8-6-22)19-20-16(21)26-10-14(23)18-12-9-11(17)3-4-13(12)24-2/h3-4,9H,5-8,10H2,1-2H3,(H,18,23). The lowest BCUT2D eigenvalue weighted by Crippen LogP contribution is -2.37. The third kappa shape index (κ3) is 4.40. The fourth-order valence-corrected chi connectivity index (χ4v) is 3.44. The first-order valence-corrected chi connectivity index (χ1v) is 9.43. The molecule has 1 saturated heterocycles. The number of nitrogens with zero attached hydrogens (tertiary/aromatic N) is 4. The average molecular weight is 398 g/mol. The summed E-state index contributed by atoms with van der Waals surface area (Å²) >= 11 is 7.30. The van der Waals surface area contributed by atoms with E-state index in [2.05, 4.69) is 20.4 Å². The van der Waals surface area contributed by atoms with Gasteiger partial charge < -0.3 is 19.7 Å². The second-order valence-electron chi connectivity index (χ2n) is 5.62. The number of methoxy groups -OCH3 is 1. The molecule has 1 aromatic carbocycles. The predicted octanol–water partition coefficient (Wildman–Crippen LogP) is 2.04. The van der Waals surface area contributed by atoms with Crippen molar-refractivity contribution >= 4 is 40.9 Å². The Morgan fingerprint density at radius 3 is 2.88 bits per heavy atom. The second-order valence-corrected chi connectivity index (χ2v) is 7.00. The van der Waals surface area contributed by atoms with Crippen molar-refractivity contribution in [2.75, 3.05) is 49.4 Å². The van der Waals surface area contributed by atoms with Gasteiger partial charge in [0.15, 0.2) is 5.16 Å². The summed E-state index contributed by atoms with van der Waals surface area (Å²) in [6.45, 7) is 2.93. The molecular formula is C16H20ClN5O3S. The summed E-state index contributed by atoms with van der Waals surface area (Å²) in [6, 6.07) is 5.07. The van der Waals surface area contributed by atoms with Crippen molar-refractivity contribution in [3.63, 3.8) is 0 Å². The summed E-state index contributed by atoms with van der Waals surface area (Å²) in [7, 11) is 3.44. The summed E-state index contributed by atoms with van der Waals surface area (Å²) in [4.78, 5) is 14.4. The number of anilines is 2. The van der Waals surface area contributed by atoms with Crippen molar-refractivity contribution in [1.82, 2.24) is 14.8 Å². The van der Waals surface area contributed by atoms with Crippen LogP contribution >= 0.6 is 23.4 Å².